The summed E-state index contributed by atoms with van der Waals surface area (Å²) in [5, 5.41) is 2.60. The first kappa shape index (κ1) is 15.8. The van der Waals surface area contributed by atoms with Crippen LogP contribution in [0, 0.1) is 12.7 Å². The van der Waals surface area contributed by atoms with E-state index in [-0.39, 0.29) is 12.4 Å². The smallest absolute Gasteiger partial charge is 0.411 e. The molecule has 0 saturated carbocycles. The molecule has 2 aromatic carbocycles. The standard InChI is InChI=1S/C17H15FN2O4/c1-10-7-12(4-6-13(10)20-17(21)22-2)23-9-16-19-14-5-3-11(18)8-15(14)24-16/h3-8H,9H2,1-2H3,(H,20,21). The lowest BCUT2D eigenvalue weighted by Crippen LogP contribution is -2.11. The van der Waals surface area contributed by atoms with Gasteiger partial charge in [0.15, 0.2) is 12.2 Å². The summed E-state index contributed by atoms with van der Waals surface area (Å²) in [6.07, 6.45) is -0.537. The first-order valence-electron chi connectivity index (χ1n) is 7.18. The monoisotopic (exact) mass is 330 g/mol. The Kier molecular flexibility index (Phi) is 4.33. The van der Waals surface area contributed by atoms with Crippen LogP contribution in [0.5, 0.6) is 5.75 Å². The molecule has 1 amide bonds. The molecule has 1 N–H and O–H groups in total. The van der Waals surface area contributed by atoms with E-state index in [1.807, 2.05) is 6.92 Å². The highest BCUT2D eigenvalue weighted by atomic mass is 19.1. The molecule has 0 aliphatic carbocycles. The van der Waals surface area contributed by atoms with E-state index in [0.29, 0.717) is 28.4 Å². The van der Waals surface area contributed by atoms with Crippen molar-refractivity contribution in [3.8, 4) is 5.75 Å². The van der Waals surface area contributed by atoms with Gasteiger partial charge in [0.2, 0.25) is 5.89 Å². The van der Waals surface area contributed by atoms with Gasteiger partial charge in [0.25, 0.3) is 0 Å². The summed E-state index contributed by atoms with van der Waals surface area (Å²) in [6, 6.07) is 9.35. The molecule has 0 aliphatic rings. The van der Waals surface area contributed by atoms with Crippen LogP contribution < -0.4 is 10.1 Å². The molecule has 0 unspecified atom stereocenters. The van der Waals surface area contributed by atoms with Gasteiger partial charge in [0.1, 0.15) is 17.1 Å². The van der Waals surface area contributed by atoms with E-state index in [2.05, 4.69) is 15.0 Å². The van der Waals surface area contributed by atoms with Gasteiger partial charge in [-0.2, -0.15) is 0 Å². The molecule has 0 fully saturated rings. The van der Waals surface area contributed by atoms with E-state index in [1.165, 1.54) is 19.2 Å². The number of halogens is 1. The Bertz CT molecular complexity index is 891. The molecule has 0 atom stereocenters. The molecule has 0 spiro atoms. The lowest BCUT2D eigenvalue weighted by molar-refractivity contribution is 0.187. The highest BCUT2D eigenvalue weighted by Gasteiger charge is 2.09. The Morgan fingerprint density at radius 3 is 2.88 bits per heavy atom. The number of benzene rings is 2. The molecule has 0 radical (unpaired) electrons. The number of ether oxygens (including phenoxy) is 2. The lowest BCUT2D eigenvalue weighted by Gasteiger charge is -2.09. The maximum absolute atomic E-state index is 13.1. The molecular weight excluding hydrogens is 315 g/mol. The van der Waals surface area contributed by atoms with Gasteiger partial charge in [0, 0.05) is 11.8 Å². The van der Waals surface area contributed by atoms with Gasteiger partial charge in [-0.05, 0) is 42.8 Å². The predicted octanol–water partition coefficient (Wildman–Crippen LogP) is 4.03. The highest BCUT2D eigenvalue weighted by Crippen LogP contribution is 2.23. The second-order valence-electron chi connectivity index (χ2n) is 5.10. The van der Waals surface area contributed by atoms with Gasteiger partial charge in [-0.15, -0.1) is 0 Å². The van der Waals surface area contributed by atoms with Crippen molar-refractivity contribution < 1.29 is 23.1 Å². The lowest BCUT2D eigenvalue weighted by atomic mass is 10.2. The molecule has 1 heterocycles. The van der Waals surface area contributed by atoms with Crippen LogP contribution in [0.25, 0.3) is 11.1 Å². The molecule has 6 nitrogen and oxygen atoms in total. The molecule has 1 aromatic heterocycles. The largest absolute Gasteiger partial charge is 0.484 e. The van der Waals surface area contributed by atoms with Crippen molar-refractivity contribution in [1.82, 2.24) is 4.98 Å². The molecule has 3 rings (SSSR count). The van der Waals surface area contributed by atoms with E-state index in [4.69, 9.17) is 9.15 Å². The summed E-state index contributed by atoms with van der Waals surface area (Å²) in [5.74, 6) is 0.566. The fraction of sp³-hybridized carbons (Fsp3) is 0.176. The Morgan fingerprint density at radius 2 is 2.12 bits per heavy atom. The number of rotatable bonds is 4. The number of anilines is 1. The van der Waals surface area contributed by atoms with Crippen molar-refractivity contribution >= 4 is 22.9 Å². The summed E-state index contributed by atoms with van der Waals surface area (Å²) in [7, 11) is 1.30. The molecule has 0 aliphatic heterocycles. The van der Waals surface area contributed by atoms with E-state index in [1.54, 1.807) is 24.3 Å². The Morgan fingerprint density at radius 1 is 1.29 bits per heavy atom. The van der Waals surface area contributed by atoms with Crippen LogP contribution in [0.2, 0.25) is 0 Å². The van der Waals surface area contributed by atoms with Gasteiger partial charge in [-0.3, -0.25) is 5.32 Å². The fourth-order valence-corrected chi connectivity index (χ4v) is 2.18. The van der Waals surface area contributed by atoms with Gasteiger partial charge < -0.3 is 13.9 Å². The number of nitrogens with one attached hydrogen (secondary N) is 1. The number of carbonyl (C=O) groups excluding carboxylic acids is 1. The number of oxazole rings is 1. The quantitative estimate of drug-likeness (QED) is 0.782. The van der Waals surface area contributed by atoms with Crippen molar-refractivity contribution in [1.29, 1.82) is 0 Å². The number of hydrogen-bond acceptors (Lipinski definition) is 5. The van der Waals surface area contributed by atoms with Crippen molar-refractivity contribution in [2.24, 2.45) is 0 Å². The zero-order valence-electron chi connectivity index (χ0n) is 13.1. The summed E-state index contributed by atoms with van der Waals surface area (Å²) in [4.78, 5) is 15.5. The average Bonchev–Trinajstić information content (AvgIpc) is 2.97. The number of methoxy groups -OCH3 is 1. The van der Waals surface area contributed by atoms with Gasteiger partial charge in [0.05, 0.1) is 7.11 Å². The molecule has 3 aromatic rings. The maximum atomic E-state index is 13.1. The van der Waals surface area contributed by atoms with E-state index >= 15 is 0 Å². The third-order valence-corrected chi connectivity index (χ3v) is 3.38. The summed E-state index contributed by atoms with van der Waals surface area (Å²) in [5.41, 5.74) is 2.40. The van der Waals surface area contributed by atoms with Crippen molar-refractivity contribution in [3.63, 3.8) is 0 Å². The van der Waals surface area contributed by atoms with Crippen LogP contribution in [0.3, 0.4) is 0 Å². The zero-order chi connectivity index (χ0) is 17.1. The number of amides is 1. The van der Waals surface area contributed by atoms with Crippen LogP contribution in [-0.2, 0) is 11.3 Å². The Balaban J connectivity index is 1.69. The van der Waals surface area contributed by atoms with Crippen molar-refractivity contribution in [2.75, 3.05) is 12.4 Å². The summed E-state index contributed by atoms with van der Waals surface area (Å²) in [6.45, 7) is 1.94. The fourth-order valence-electron chi connectivity index (χ4n) is 2.18. The highest BCUT2D eigenvalue weighted by molar-refractivity contribution is 5.85. The van der Waals surface area contributed by atoms with Gasteiger partial charge in [-0.25, -0.2) is 14.2 Å². The third-order valence-electron chi connectivity index (χ3n) is 3.38. The molecule has 0 saturated heterocycles. The molecule has 0 bridgehead atoms. The van der Waals surface area contributed by atoms with Crippen LogP contribution in [0.1, 0.15) is 11.5 Å². The summed E-state index contributed by atoms with van der Waals surface area (Å²) < 4.78 is 28.8. The van der Waals surface area contributed by atoms with Crippen LogP contribution in [0.4, 0.5) is 14.9 Å². The van der Waals surface area contributed by atoms with Crippen molar-refractivity contribution in [2.45, 2.75) is 13.5 Å². The van der Waals surface area contributed by atoms with E-state index < -0.39 is 6.09 Å². The molecule has 7 heteroatoms. The number of hydrogen-bond donors (Lipinski definition) is 1. The minimum atomic E-state index is -0.537. The average molecular weight is 330 g/mol. The number of nitrogens with zero attached hydrogens (tertiary/aromatic N) is 1. The Hall–Kier alpha value is -3.09. The SMILES string of the molecule is COC(=O)Nc1ccc(OCc2nc3ccc(F)cc3o2)cc1C. The van der Waals surface area contributed by atoms with E-state index in [0.717, 1.165) is 5.56 Å². The second-order valence-corrected chi connectivity index (χ2v) is 5.10. The van der Waals surface area contributed by atoms with Crippen LogP contribution >= 0.6 is 0 Å². The minimum Gasteiger partial charge on any atom is -0.484 e. The Labute approximate surface area is 137 Å². The number of aromatic nitrogens is 1. The van der Waals surface area contributed by atoms with Crippen molar-refractivity contribution in [3.05, 3.63) is 53.7 Å². The first-order valence-corrected chi connectivity index (χ1v) is 7.18. The normalized spacial score (nSPS) is 10.6. The third kappa shape index (κ3) is 3.45. The molecule has 124 valence electrons. The summed E-state index contributed by atoms with van der Waals surface area (Å²) >= 11 is 0. The zero-order valence-corrected chi connectivity index (χ0v) is 13.1. The van der Waals surface area contributed by atoms with E-state index in [9.17, 15) is 9.18 Å². The number of carbonyl (C=O) groups is 1. The molecular formula is C17H15FN2O4. The second kappa shape index (κ2) is 6.57. The first-order chi connectivity index (χ1) is 11.5. The number of fused-ring (bicyclic) bond motifs is 1. The van der Waals surface area contributed by atoms with Gasteiger partial charge >= 0.3 is 6.09 Å². The topological polar surface area (TPSA) is 73.6 Å². The molecule has 24 heavy (non-hydrogen) atoms. The predicted molar refractivity (Wildman–Crippen MR) is 85.5 cm³/mol. The maximum Gasteiger partial charge on any atom is 0.411 e. The number of aryl methyl sites for hydroxylation is 1. The van der Waals surface area contributed by atoms with Crippen LogP contribution in [-0.4, -0.2) is 18.2 Å². The minimum absolute atomic E-state index is 0.111. The van der Waals surface area contributed by atoms with Crippen LogP contribution in [0.15, 0.2) is 40.8 Å². The van der Waals surface area contributed by atoms with Gasteiger partial charge in [-0.1, -0.05) is 0 Å².